The van der Waals surface area contributed by atoms with Crippen LogP contribution in [0, 0.1) is 144 Å². The molecule has 0 aromatic heterocycles. The summed E-state index contributed by atoms with van der Waals surface area (Å²) >= 11 is 36.5. The molecule has 0 amide bonds. The second-order valence-corrected chi connectivity index (χ2v) is 25.9. The summed E-state index contributed by atoms with van der Waals surface area (Å²) in [7, 11) is 6.87. The Hall–Kier alpha value is -0.465. The summed E-state index contributed by atoms with van der Waals surface area (Å²) in [6, 6.07) is 5.96. The Morgan fingerprint density at radius 1 is 0.542 bits per heavy atom. The summed E-state index contributed by atoms with van der Waals surface area (Å²) in [5, 5.41) is 44.1. The summed E-state index contributed by atoms with van der Waals surface area (Å²) in [6.45, 7) is 36.1. The normalized spacial score (nSPS) is 9.80. The van der Waals surface area contributed by atoms with E-state index in [9.17, 15) is 24.0 Å². The number of carbonyl (C=O) groups excluding carboxylic acids is 5. The van der Waals surface area contributed by atoms with Crippen LogP contribution >= 0.6 is 119 Å². The van der Waals surface area contributed by atoms with Crippen molar-refractivity contribution >= 4 is 192 Å². The Bertz CT molecular complexity index is 1910. The molecule has 0 bridgehead atoms. The molecule has 0 spiro atoms. The van der Waals surface area contributed by atoms with Gasteiger partial charge in [-0.05, 0) is 163 Å². The van der Waals surface area contributed by atoms with Gasteiger partial charge in [-0.15, -0.1) is 23.5 Å². The van der Waals surface area contributed by atoms with Crippen molar-refractivity contribution in [3.63, 3.8) is 0 Å². The van der Waals surface area contributed by atoms with Gasteiger partial charge in [-0.1, -0.05) is 85.8 Å². The van der Waals surface area contributed by atoms with Crippen LogP contribution in [0.2, 0.25) is 0 Å². The minimum absolute atomic E-state index is 0. The van der Waals surface area contributed by atoms with Crippen LogP contribution in [0.1, 0.15) is 161 Å². The first-order chi connectivity index (χ1) is 41.9. The van der Waals surface area contributed by atoms with Crippen LogP contribution in [-0.4, -0.2) is 179 Å². The maximum atomic E-state index is 11.1. The molecule has 0 fully saturated rings. The van der Waals surface area contributed by atoms with E-state index in [1.807, 2.05) is 106 Å². The topological polar surface area (TPSA) is 331 Å². The van der Waals surface area contributed by atoms with Gasteiger partial charge in [0.2, 0.25) is 13.1 Å². The molecule has 4 unspecified atom stereocenters. The molecule has 0 aromatic carbocycles. The molecule has 96 heavy (non-hydrogen) atoms. The fourth-order valence-corrected chi connectivity index (χ4v) is 7.21. The van der Waals surface area contributed by atoms with E-state index in [0.717, 1.165) is 6.61 Å². The zero-order valence-electron chi connectivity index (χ0n) is 58.4. The standard InChI is InChI=1S/C8H12N4.C8H16O3S2.C7H12O3S2.C5H10O2.C4H7N.C4H8O2.C4H7O2.C4H10OS2.2C4H8OS2.C3H6OS2.4CH4.N2.2Pm/c1-7(2,5-9)11-12-8(3,4)6-10;1-5-11-8(12-4)13-6(2)7(9)10-3;1-4-10-7(11)12-5(2)6(8)9-3;1-4(2)5(6)7-3;1-4(2)3-5;2*1-3-4(5)6-2;3*1-3-5-4(6)7-2;1-2-4-3(5)6;;;;;1-2;;/h1-4H3;6,8H,5H2,1-4H3;5H,4H2,1-3H3;4H,1-3H3;4H,1-2H3;3H2,1-2H3;3H,1-2H3;4,6H,3H2,1-2H3;2*3H2,1-2H3;2H2,1H3,(H,5,6);4*1H4;;;/q;;;;;;+1;;;;;;;;;;;/p-2. The van der Waals surface area contributed by atoms with Crippen LogP contribution in [0.3, 0.4) is 0 Å². The van der Waals surface area contributed by atoms with E-state index in [-0.39, 0.29) is 177 Å². The van der Waals surface area contributed by atoms with E-state index in [1.165, 1.54) is 89.0 Å². The van der Waals surface area contributed by atoms with Crippen LogP contribution in [0.5, 0.6) is 0 Å². The van der Waals surface area contributed by atoms with Gasteiger partial charge in [0.15, 0.2) is 17.5 Å². The molecular formula is C59H118N7O16Pm2S12-. The second-order valence-electron chi connectivity index (χ2n) is 15.9. The SMILES string of the molecule is C.C.C.C.CC(C)(C#N)N=NC(C)(C)C#N.CC(C)C#N.CCC(=O)OC.CCOC(=S)SC.CCOC(=S)SC.CCOC(=S)SC(C)C(=O)OC.CCOC(=S)[S-].CCOC(SC)SC(C)C(=O)OC.CCOC([S-])SC.COC(=O)C(C)C.C[CH+]C(=O)OC.N#N.[Pm].[Pm]. The Balaban J connectivity index is -0.0000000437. The van der Waals surface area contributed by atoms with Crippen molar-refractivity contribution < 1.29 is 157 Å². The zero-order chi connectivity index (χ0) is 73.9. The number of thioether (sulfide) groups is 6. The monoisotopic (exact) mass is 1850 g/mol. The predicted octanol–water partition coefficient (Wildman–Crippen LogP) is 16.5. The summed E-state index contributed by atoms with van der Waals surface area (Å²) in [4.78, 5) is 52.1. The summed E-state index contributed by atoms with van der Waals surface area (Å²) in [5.41, 5.74) is -1.68. The number of nitriles is 3. The third-order valence-corrected chi connectivity index (χ3v) is 14.3. The van der Waals surface area contributed by atoms with E-state index in [2.05, 4.69) is 63.5 Å². The molecular weight excluding hydrogens is 1740 g/mol. The summed E-state index contributed by atoms with van der Waals surface area (Å²) in [5.74, 6) is -0.893. The first-order valence-electron chi connectivity index (χ1n) is 26.6. The largest absolute Gasteiger partial charge is 0.750 e. The van der Waals surface area contributed by atoms with Gasteiger partial charge in [-0.2, -0.15) is 42.6 Å². The number of hydrogen-bond acceptors (Lipinski definition) is 35. The van der Waals surface area contributed by atoms with Crippen molar-refractivity contribution in [3.05, 3.63) is 6.42 Å². The number of thiocarbonyl (C=S) groups is 4. The quantitative estimate of drug-likeness (QED) is 0.0160. The fraction of sp³-hybridized carbons (Fsp3) is 0.780. The maximum absolute atomic E-state index is 11.1. The molecule has 37 heteroatoms. The predicted molar refractivity (Wildman–Crippen MR) is 421 cm³/mol. The van der Waals surface area contributed by atoms with E-state index in [1.54, 1.807) is 85.8 Å². The third-order valence-electron chi connectivity index (χ3n) is 7.01. The Kier molecular flexibility index (Phi) is 163. The van der Waals surface area contributed by atoms with Crippen LogP contribution in [0.4, 0.5) is 0 Å². The maximum Gasteiger partial charge on any atom is 0.495 e. The van der Waals surface area contributed by atoms with Crippen LogP contribution in [-0.2, 0) is 101 Å². The molecule has 0 N–H and O–H groups in total. The van der Waals surface area contributed by atoms with E-state index < -0.39 is 11.1 Å². The van der Waals surface area contributed by atoms with Crippen molar-refractivity contribution in [1.82, 2.24) is 0 Å². The van der Waals surface area contributed by atoms with Crippen LogP contribution < -0.4 is 0 Å². The molecule has 0 aromatic rings. The van der Waals surface area contributed by atoms with Crippen molar-refractivity contribution in [2.75, 3.05) is 100 Å². The molecule has 0 heterocycles. The first-order valence-corrected chi connectivity index (χ1v) is 35.9. The first kappa shape index (κ1) is 142. The number of carbonyl (C=O) groups is 5. The molecule has 0 aliphatic rings. The number of methoxy groups -OCH3 is 5. The van der Waals surface area contributed by atoms with Gasteiger partial charge in [0.1, 0.15) is 15.3 Å². The van der Waals surface area contributed by atoms with Gasteiger partial charge in [0.05, 0.1) is 93.0 Å². The van der Waals surface area contributed by atoms with E-state index in [0.29, 0.717) is 52.6 Å². The van der Waals surface area contributed by atoms with E-state index in [4.69, 9.17) is 99.5 Å². The molecule has 0 aliphatic carbocycles. The zero-order valence-corrected chi connectivity index (χ0v) is 74.0. The molecule has 0 aliphatic heterocycles. The van der Waals surface area contributed by atoms with Gasteiger partial charge in [-0.3, -0.25) is 19.2 Å². The van der Waals surface area contributed by atoms with E-state index >= 15 is 0 Å². The number of nitrogens with zero attached hydrogens (tertiary/aromatic N) is 7. The Morgan fingerprint density at radius 3 is 1.02 bits per heavy atom. The number of esters is 5. The van der Waals surface area contributed by atoms with Gasteiger partial charge in [0, 0.05) is 121 Å². The van der Waals surface area contributed by atoms with Gasteiger partial charge in [0.25, 0.3) is 0 Å². The van der Waals surface area contributed by atoms with Gasteiger partial charge < -0.3 is 89.6 Å². The molecule has 0 saturated carbocycles. The number of azo groups is 1. The molecule has 568 valence electrons. The molecule has 0 rings (SSSR count). The smallest absolute Gasteiger partial charge is 0.495 e. The number of ether oxygens (including phenoxy) is 11. The van der Waals surface area contributed by atoms with Crippen molar-refractivity contribution in [3.8, 4) is 18.2 Å². The summed E-state index contributed by atoms with van der Waals surface area (Å²) < 4.78 is 53.5. The van der Waals surface area contributed by atoms with Gasteiger partial charge >= 0.3 is 29.8 Å². The Labute approximate surface area is 705 Å². The Morgan fingerprint density at radius 2 is 0.875 bits per heavy atom. The summed E-state index contributed by atoms with van der Waals surface area (Å²) in [6.07, 6.45) is 9.52. The average molecular weight is 1860 g/mol. The number of rotatable bonds is 20. The molecule has 2 radical (unpaired) electrons. The molecule has 23 nitrogen and oxygen atoms in total. The van der Waals surface area contributed by atoms with Gasteiger partial charge in [-0.25, -0.2) is 0 Å². The number of hydrogen-bond donors (Lipinski definition) is 0. The molecule has 0 saturated heterocycles. The van der Waals surface area contributed by atoms with Crippen LogP contribution in [0.25, 0.3) is 0 Å². The van der Waals surface area contributed by atoms with Crippen molar-refractivity contribution in [2.45, 2.75) is 192 Å². The minimum atomic E-state index is -0.839. The van der Waals surface area contributed by atoms with Crippen LogP contribution in [0.15, 0.2) is 10.2 Å². The average Bonchev–Trinajstić information content (AvgIpc) is 2.98. The third kappa shape index (κ3) is 144. The fourth-order valence-electron chi connectivity index (χ4n) is 2.67. The molecule has 4 atom stereocenters. The van der Waals surface area contributed by atoms with Crippen molar-refractivity contribution in [2.24, 2.45) is 22.1 Å². The van der Waals surface area contributed by atoms with Crippen molar-refractivity contribution in [1.29, 1.82) is 26.6 Å². The second kappa shape index (κ2) is 110. The minimum Gasteiger partial charge on any atom is -0.750 e.